The number of ether oxygens (including phenoxy) is 1. The van der Waals surface area contributed by atoms with Crippen LogP contribution in [-0.2, 0) is 11.3 Å². The van der Waals surface area contributed by atoms with E-state index < -0.39 is 0 Å². The molecule has 150 valence electrons. The van der Waals surface area contributed by atoms with Crippen LogP contribution in [0, 0.1) is 6.92 Å². The monoisotopic (exact) mass is 390 g/mol. The number of methoxy groups -OCH3 is 1. The normalized spacial score (nSPS) is 10.6. The fourth-order valence-corrected chi connectivity index (χ4v) is 2.95. The van der Waals surface area contributed by atoms with Crippen molar-refractivity contribution in [1.29, 1.82) is 0 Å². The molecule has 29 heavy (non-hydrogen) atoms. The lowest BCUT2D eigenvalue weighted by Gasteiger charge is -2.23. The molecule has 0 atom stereocenters. The molecule has 0 saturated heterocycles. The van der Waals surface area contributed by atoms with E-state index in [0.717, 1.165) is 23.4 Å². The lowest BCUT2D eigenvalue weighted by atomic mass is 10.2. The highest BCUT2D eigenvalue weighted by Crippen LogP contribution is 2.25. The predicted octanol–water partition coefficient (Wildman–Crippen LogP) is 3.89. The Labute approximate surface area is 171 Å². The third-order valence-electron chi connectivity index (χ3n) is 4.38. The molecule has 0 saturated carbocycles. The molecule has 1 amide bonds. The number of hydrogen-bond donors (Lipinski definition) is 1. The zero-order valence-corrected chi connectivity index (χ0v) is 16.8. The number of carbonyl (C=O) groups is 1. The van der Waals surface area contributed by atoms with Gasteiger partial charge in [-0.2, -0.15) is 0 Å². The maximum atomic E-state index is 12.6. The van der Waals surface area contributed by atoms with Crippen LogP contribution < -0.4 is 10.2 Å². The van der Waals surface area contributed by atoms with Crippen molar-refractivity contribution < 1.29 is 9.53 Å². The molecule has 0 bridgehead atoms. The summed E-state index contributed by atoms with van der Waals surface area (Å²) in [5, 5.41) is 2.89. The van der Waals surface area contributed by atoms with Crippen molar-refractivity contribution in [1.82, 2.24) is 15.3 Å². The van der Waals surface area contributed by atoms with Gasteiger partial charge in [-0.15, -0.1) is 0 Å². The van der Waals surface area contributed by atoms with Crippen molar-refractivity contribution in [2.24, 2.45) is 0 Å². The van der Waals surface area contributed by atoms with Crippen molar-refractivity contribution in [3.8, 4) is 0 Å². The summed E-state index contributed by atoms with van der Waals surface area (Å²) < 4.78 is 5.02. The van der Waals surface area contributed by atoms with E-state index >= 15 is 0 Å². The van der Waals surface area contributed by atoms with Crippen LogP contribution in [0.3, 0.4) is 0 Å². The Morgan fingerprint density at radius 1 is 1.03 bits per heavy atom. The van der Waals surface area contributed by atoms with Crippen molar-refractivity contribution in [3.63, 3.8) is 0 Å². The van der Waals surface area contributed by atoms with E-state index in [1.54, 1.807) is 13.2 Å². The molecule has 3 aromatic rings. The molecular formula is C23H26N4O2. The second-order valence-electron chi connectivity index (χ2n) is 6.70. The lowest BCUT2D eigenvalue weighted by molar-refractivity contribution is 0.0943. The van der Waals surface area contributed by atoms with E-state index in [1.807, 2.05) is 60.4 Å². The predicted molar refractivity (Wildman–Crippen MR) is 114 cm³/mol. The van der Waals surface area contributed by atoms with Crippen LogP contribution in [0.2, 0.25) is 0 Å². The maximum absolute atomic E-state index is 12.6. The number of benzene rings is 2. The summed E-state index contributed by atoms with van der Waals surface area (Å²) >= 11 is 0. The summed E-state index contributed by atoms with van der Waals surface area (Å²) in [6, 6.07) is 21.8. The van der Waals surface area contributed by atoms with Gasteiger partial charge in [0, 0.05) is 31.6 Å². The highest BCUT2D eigenvalue weighted by molar-refractivity contribution is 5.92. The average molecular weight is 390 g/mol. The number of aromatic nitrogens is 2. The van der Waals surface area contributed by atoms with E-state index in [1.165, 1.54) is 0 Å². The number of carbonyl (C=O) groups excluding carboxylic acids is 1. The van der Waals surface area contributed by atoms with Crippen LogP contribution in [0.5, 0.6) is 0 Å². The van der Waals surface area contributed by atoms with Gasteiger partial charge in [-0.05, 0) is 37.1 Å². The summed E-state index contributed by atoms with van der Waals surface area (Å²) in [5.74, 6) is 0.294. The molecule has 1 aromatic heterocycles. The smallest absolute Gasteiger partial charge is 0.270 e. The number of amides is 1. The van der Waals surface area contributed by atoms with Gasteiger partial charge in [-0.25, -0.2) is 9.97 Å². The van der Waals surface area contributed by atoms with Crippen molar-refractivity contribution >= 4 is 17.5 Å². The third kappa shape index (κ3) is 5.86. The highest BCUT2D eigenvalue weighted by atomic mass is 16.5. The van der Waals surface area contributed by atoms with Gasteiger partial charge in [0.2, 0.25) is 5.95 Å². The largest absolute Gasteiger partial charge is 0.385 e. The molecular weight excluding hydrogens is 364 g/mol. The zero-order valence-electron chi connectivity index (χ0n) is 16.8. The minimum absolute atomic E-state index is 0.208. The lowest BCUT2D eigenvalue weighted by Crippen LogP contribution is -2.27. The fraction of sp³-hybridized carbons (Fsp3) is 0.261. The Morgan fingerprint density at radius 3 is 2.41 bits per heavy atom. The zero-order chi connectivity index (χ0) is 20.5. The van der Waals surface area contributed by atoms with Crippen LogP contribution in [-0.4, -0.2) is 36.1 Å². The molecule has 0 unspecified atom stereocenters. The molecule has 0 fully saturated rings. The summed E-state index contributed by atoms with van der Waals surface area (Å²) in [4.78, 5) is 23.8. The van der Waals surface area contributed by atoms with Crippen molar-refractivity contribution in [3.05, 3.63) is 83.7 Å². The number of rotatable bonds is 9. The molecule has 6 heteroatoms. The molecule has 6 nitrogen and oxygen atoms in total. The average Bonchev–Trinajstić information content (AvgIpc) is 2.76. The van der Waals surface area contributed by atoms with Crippen molar-refractivity contribution in [2.45, 2.75) is 19.9 Å². The van der Waals surface area contributed by atoms with Gasteiger partial charge in [0.15, 0.2) is 0 Å². The van der Waals surface area contributed by atoms with Crippen LogP contribution in [0.4, 0.5) is 11.6 Å². The first kappa shape index (κ1) is 20.5. The van der Waals surface area contributed by atoms with E-state index in [2.05, 4.69) is 27.4 Å². The molecule has 0 aliphatic heterocycles. The first-order valence-electron chi connectivity index (χ1n) is 9.66. The Hall–Kier alpha value is -3.25. The maximum Gasteiger partial charge on any atom is 0.270 e. The summed E-state index contributed by atoms with van der Waals surface area (Å²) in [6.07, 6.45) is 0.753. The third-order valence-corrected chi connectivity index (χ3v) is 4.38. The highest BCUT2D eigenvalue weighted by Gasteiger charge is 2.17. The second-order valence-corrected chi connectivity index (χ2v) is 6.70. The van der Waals surface area contributed by atoms with Crippen LogP contribution in [0.15, 0.2) is 66.7 Å². The van der Waals surface area contributed by atoms with Gasteiger partial charge in [0.1, 0.15) is 5.69 Å². The number of nitrogens with one attached hydrogen (secondary N) is 1. The van der Waals surface area contributed by atoms with Gasteiger partial charge in [-0.3, -0.25) is 4.79 Å². The van der Waals surface area contributed by atoms with Crippen LogP contribution in [0.25, 0.3) is 0 Å². The van der Waals surface area contributed by atoms with Gasteiger partial charge in [0.05, 0.1) is 6.54 Å². The van der Waals surface area contributed by atoms with E-state index in [4.69, 9.17) is 4.74 Å². The van der Waals surface area contributed by atoms with E-state index in [9.17, 15) is 4.79 Å². The standard InChI is InChI=1S/C23H26N4O2/c1-18-16-21(22(28)24-14-9-15-29-2)26-23(25-18)27(20-12-7-4-8-13-20)17-19-10-5-3-6-11-19/h3-8,10-13,16H,9,14-15,17H2,1-2H3,(H,24,28). The van der Waals surface area contributed by atoms with Gasteiger partial charge >= 0.3 is 0 Å². The molecule has 3 rings (SSSR count). The number of nitrogens with zero attached hydrogens (tertiary/aromatic N) is 3. The molecule has 1 N–H and O–H groups in total. The Morgan fingerprint density at radius 2 is 1.72 bits per heavy atom. The fourth-order valence-electron chi connectivity index (χ4n) is 2.95. The summed E-state index contributed by atoms with van der Waals surface area (Å²) in [6.45, 7) is 3.62. The molecule has 0 spiro atoms. The van der Waals surface area contributed by atoms with Gasteiger partial charge < -0.3 is 15.0 Å². The topological polar surface area (TPSA) is 67.3 Å². The van der Waals surface area contributed by atoms with Gasteiger partial charge in [0.25, 0.3) is 5.91 Å². The number of para-hydroxylation sites is 1. The number of anilines is 2. The summed E-state index contributed by atoms with van der Waals surface area (Å²) in [5.41, 5.74) is 3.20. The van der Waals surface area contributed by atoms with Crippen LogP contribution >= 0.6 is 0 Å². The Bertz CT molecular complexity index is 917. The SMILES string of the molecule is COCCCNC(=O)c1cc(C)nc(N(Cc2ccccc2)c2ccccc2)n1. The first-order chi connectivity index (χ1) is 14.2. The second kappa shape index (κ2) is 10.3. The quantitative estimate of drug-likeness (QED) is 0.562. The first-order valence-corrected chi connectivity index (χ1v) is 9.66. The molecule has 0 radical (unpaired) electrons. The Balaban J connectivity index is 1.89. The van der Waals surface area contributed by atoms with Gasteiger partial charge in [-0.1, -0.05) is 48.5 Å². The van der Waals surface area contributed by atoms with Crippen molar-refractivity contribution in [2.75, 3.05) is 25.2 Å². The number of aryl methyl sites for hydroxylation is 1. The van der Waals surface area contributed by atoms with E-state index in [0.29, 0.717) is 31.3 Å². The molecule has 1 heterocycles. The minimum atomic E-state index is -0.208. The van der Waals surface area contributed by atoms with E-state index in [-0.39, 0.29) is 5.91 Å². The molecule has 2 aromatic carbocycles. The summed E-state index contributed by atoms with van der Waals surface area (Å²) in [7, 11) is 1.65. The molecule has 0 aliphatic carbocycles. The molecule has 0 aliphatic rings. The van der Waals surface area contributed by atoms with Crippen LogP contribution in [0.1, 0.15) is 28.2 Å². The minimum Gasteiger partial charge on any atom is -0.385 e. The number of hydrogen-bond acceptors (Lipinski definition) is 5. The Kier molecular flexibility index (Phi) is 7.30.